The molecule has 0 saturated heterocycles. The molecule has 23 heavy (non-hydrogen) atoms. The lowest BCUT2D eigenvalue weighted by Crippen LogP contribution is -2.36. The lowest BCUT2D eigenvalue weighted by atomic mass is 9.96. The summed E-state index contributed by atoms with van der Waals surface area (Å²) in [5.74, 6) is 0. The minimum atomic E-state index is 0.449. The SMILES string of the molecule is C/C=C\C(=C/C)C/C=C\[N+](C)(C)C(C)c1ccccc1CCC. The third-order valence-corrected chi connectivity index (χ3v) is 4.62. The molecule has 1 heteroatoms. The van der Waals surface area contributed by atoms with Crippen LogP contribution in [0.1, 0.15) is 57.7 Å². The first-order valence-corrected chi connectivity index (χ1v) is 8.83. The van der Waals surface area contributed by atoms with Crippen molar-refractivity contribution in [3.63, 3.8) is 0 Å². The summed E-state index contributed by atoms with van der Waals surface area (Å²) in [6.07, 6.45) is 14.5. The van der Waals surface area contributed by atoms with Crippen molar-refractivity contribution in [3.05, 3.63) is 71.5 Å². The number of rotatable bonds is 8. The van der Waals surface area contributed by atoms with E-state index in [9.17, 15) is 0 Å². The van der Waals surface area contributed by atoms with Gasteiger partial charge < -0.3 is 0 Å². The van der Waals surface area contributed by atoms with Crippen LogP contribution in [0.2, 0.25) is 0 Å². The Morgan fingerprint density at radius 1 is 1.17 bits per heavy atom. The molecule has 0 bridgehead atoms. The minimum Gasteiger partial charge on any atom is -0.296 e. The van der Waals surface area contributed by atoms with E-state index < -0.39 is 0 Å². The van der Waals surface area contributed by atoms with Gasteiger partial charge in [-0.1, -0.05) is 55.8 Å². The second kappa shape index (κ2) is 9.52. The first kappa shape index (κ1) is 19.4. The molecule has 1 aromatic carbocycles. The van der Waals surface area contributed by atoms with Gasteiger partial charge in [-0.2, -0.15) is 0 Å². The van der Waals surface area contributed by atoms with Crippen molar-refractivity contribution < 1.29 is 4.48 Å². The van der Waals surface area contributed by atoms with E-state index in [0.29, 0.717) is 6.04 Å². The molecule has 0 aromatic heterocycles. The van der Waals surface area contributed by atoms with Crippen LogP contribution in [0, 0.1) is 0 Å². The molecule has 1 atom stereocenters. The monoisotopic (exact) mass is 312 g/mol. The van der Waals surface area contributed by atoms with Crippen LogP contribution in [0.5, 0.6) is 0 Å². The molecular weight excluding hydrogens is 278 g/mol. The summed E-state index contributed by atoms with van der Waals surface area (Å²) in [6.45, 7) is 8.76. The smallest absolute Gasteiger partial charge is 0.116 e. The summed E-state index contributed by atoms with van der Waals surface area (Å²) in [6, 6.07) is 9.35. The Kier molecular flexibility index (Phi) is 8.05. The highest BCUT2D eigenvalue weighted by Crippen LogP contribution is 2.28. The van der Waals surface area contributed by atoms with E-state index >= 15 is 0 Å². The van der Waals surface area contributed by atoms with E-state index in [1.165, 1.54) is 23.1 Å². The van der Waals surface area contributed by atoms with Crippen LogP contribution in [-0.4, -0.2) is 18.6 Å². The summed E-state index contributed by atoms with van der Waals surface area (Å²) in [5, 5.41) is 0. The largest absolute Gasteiger partial charge is 0.296 e. The van der Waals surface area contributed by atoms with E-state index in [1.807, 2.05) is 0 Å². The standard InChI is InChI=1S/C22H34N/c1-7-13-20(9-3)15-12-18-23(5,6)19(4)22-17-11-10-16-21(22)14-8-2/h7,9-13,16-19H,8,14-15H2,1-6H3/q+1/b13-7-,18-12-,20-9+. The summed E-state index contributed by atoms with van der Waals surface area (Å²) in [5.41, 5.74) is 4.33. The van der Waals surface area contributed by atoms with Crippen molar-refractivity contribution in [2.45, 2.75) is 53.0 Å². The Labute approximate surface area is 143 Å². The highest BCUT2D eigenvalue weighted by Gasteiger charge is 2.24. The Morgan fingerprint density at radius 3 is 2.48 bits per heavy atom. The average molecular weight is 313 g/mol. The Hall–Kier alpha value is -1.60. The van der Waals surface area contributed by atoms with Crippen molar-refractivity contribution in [3.8, 4) is 0 Å². The van der Waals surface area contributed by atoms with Crippen LogP contribution in [0.25, 0.3) is 0 Å². The van der Waals surface area contributed by atoms with Gasteiger partial charge in [-0.3, -0.25) is 4.48 Å². The van der Waals surface area contributed by atoms with Gasteiger partial charge in [0.25, 0.3) is 0 Å². The van der Waals surface area contributed by atoms with Crippen LogP contribution in [0.4, 0.5) is 0 Å². The maximum Gasteiger partial charge on any atom is 0.116 e. The number of nitrogens with zero attached hydrogens (tertiary/aromatic N) is 1. The maximum atomic E-state index is 2.33. The number of aryl methyl sites for hydroxylation is 1. The number of hydrogen-bond donors (Lipinski definition) is 0. The van der Waals surface area contributed by atoms with Gasteiger partial charge in [0, 0.05) is 5.56 Å². The molecule has 0 aliphatic rings. The van der Waals surface area contributed by atoms with E-state index in [1.54, 1.807) is 0 Å². The molecule has 0 spiro atoms. The molecule has 0 N–H and O–H groups in total. The Bertz CT molecular complexity index is 561. The van der Waals surface area contributed by atoms with Crippen LogP contribution in [-0.2, 0) is 6.42 Å². The number of hydrogen-bond acceptors (Lipinski definition) is 0. The average Bonchev–Trinajstić information content (AvgIpc) is 2.54. The van der Waals surface area contributed by atoms with Crippen molar-refractivity contribution >= 4 is 0 Å². The molecule has 0 aliphatic carbocycles. The molecule has 1 unspecified atom stereocenters. The lowest BCUT2D eigenvalue weighted by molar-refractivity contribution is -0.869. The quantitative estimate of drug-likeness (QED) is 0.396. The summed E-state index contributed by atoms with van der Waals surface area (Å²) >= 11 is 0. The Balaban J connectivity index is 2.90. The number of allylic oxidation sites excluding steroid dienone is 5. The van der Waals surface area contributed by atoms with E-state index in [4.69, 9.17) is 0 Å². The van der Waals surface area contributed by atoms with Gasteiger partial charge in [0.2, 0.25) is 0 Å². The molecule has 1 rings (SSSR count). The fourth-order valence-electron chi connectivity index (χ4n) is 2.88. The number of benzene rings is 1. The molecular formula is C22H34N+. The fourth-order valence-corrected chi connectivity index (χ4v) is 2.88. The first-order valence-electron chi connectivity index (χ1n) is 8.83. The van der Waals surface area contributed by atoms with E-state index in [-0.39, 0.29) is 0 Å². The van der Waals surface area contributed by atoms with E-state index in [2.05, 4.69) is 96.6 Å². The van der Waals surface area contributed by atoms with Gasteiger partial charge in [0.1, 0.15) is 6.04 Å². The van der Waals surface area contributed by atoms with Crippen molar-refractivity contribution in [1.82, 2.24) is 0 Å². The number of quaternary nitrogens is 1. The zero-order valence-electron chi connectivity index (χ0n) is 15.8. The van der Waals surface area contributed by atoms with Gasteiger partial charge in [-0.25, -0.2) is 0 Å². The summed E-state index contributed by atoms with van der Waals surface area (Å²) < 4.78 is 0.869. The topological polar surface area (TPSA) is 0 Å². The highest BCUT2D eigenvalue weighted by molar-refractivity contribution is 5.29. The van der Waals surface area contributed by atoms with Gasteiger partial charge in [-0.15, -0.1) is 0 Å². The van der Waals surface area contributed by atoms with Crippen molar-refractivity contribution in [1.29, 1.82) is 0 Å². The molecule has 126 valence electrons. The van der Waals surface area contributed by atoms with Gasteiger partial charge in [0.05, 0.1) is 20.3 Å². The molecule has 0 radical (unpaired) electrons. The van der Waals surface area contributed by atoms with Crippen LogP contribution in [0.3, 0.4) is 0 Å². The van der Waals surface area contributed by atoms with Crippen molar-refractivity contribution in [2.24, 2.45) is 0 Å². The zero-order valence-corrected chi connectivity index (χ0v) is 15.8. The van der Waals surface area contributed by atoms with Crippen LogP contribution >= 0.6 is 0 Å². The third-order valence-electron chi connectivity index (χ3n) is 4.62. The molecule has 0 amide bonds. The van der Waals surface area contributed by atoms with Crippen LogP contribution in [0.15, 0.2) is 60.3 Å². The lowest BCUT2D eigenvalue weighted by Gasteiger charge is -2.33. The third kappa shape index (κ3) is 5.84. The predicted molar refractivity (Wildman–Crippen MR) is 103 cm³/mol. The maximum absolute atomic E-state index is 2.33. The second-order valence-electron chi connectivity index (χ2n) is 6.71. The first-order chi connectivity index (χ1) is 11.0. The second-order valence-corrected chi connectivity index (χ2v) is 6.71. The molecule has 0 saturated carbocycles. The minimum absolute atomic E-state index is 0.449. The predicted octanol–water partition coefficient (Wildman–Crippen LogP) is 6.20. The Morgan fingerprint density at radius 2 is 1.87 bits per heavy atom. The summed E-state index contributed by atoms with van der Waals surface area (Å²) in [7, 11) is 4.57. The molecule has 0 heterocycles. The summed E-state index contributed by atoms with van der Waals surface area (Å²) in [4.78, 5) is 0. The molecule has 0 fully saturated rings. The van der Waals surface area contributed by atoms with Gasteiger partial charge >= 0.3 is 0 Å². The van der Waals surface area contributed by atoms with E-state index in [0.717, 1.165) is 17.3 Å². The van der Waals surface area contributed by atoms with Gasteiger partial charge in [0.15, 0.2) is 0 Å². The fraction of sp³-hybridized carbons (Fsp3) is 0.455. The van der Waals surface area contributed by atoms with Crippen LogP contribution < -0.4 is 0 Å². The molecule has 1 nitrogen and oxygen atoms in total. The van der Waals surface area contributed by atoms with Gasteiger partial charge in [-0.05, 0) is 50.8 Å². The zero-order chi connectivity index (χ0) is 17.3. The normalized spacial score (nSPS) is 14.8. The molecule has 0 aliphatic heterocycles. The highest BCUT2D eigenvalue weighted by atomic mass is 15.3. The van der Waals surface area contributed by atoms with Crippen molar-refractivity contribution in [2.75, 3.05) is 14.1 Å². The molecule has 1 aromatic rings.